The molecule has 2 aliphatic rings. The second-order valence-electron chi connectivity index (χ2n) is 4.68. The third kappa shape index (κ3) is 0.969. The zero-order valence-electron chi connectivity index (χ0n) is 8.09. The van der Waals surface area contributed by atoms with Crippen molar-refractivity contribution in [3.05, 3.63) is 35.4 Å². The molecule has 1 aromatic carbocycles. The molecule has 1 saturated heterocycles. The summed E-state index contributed by atoms with van der Waals surface area (Å²) in [6.45, 7) is 6.13. The fraction of sp³-hybridized carbons (Fsp3) is 0.500. The lowest BCUT2D eigenvalue weighted by Crippen LogP contribution is -2.34. The van der Waals surface area contributed by atoms with Crippen LogP contribution in [0.3, 0.4) is 0 Å². The van der Waals surface area contributed by atoms with Gasteiger partial charge in [0.25, 0.3) is 0 Å². The van der Waals surface area contributed by atoms with Crippen molar-refractivity contribution in [2.75, 3.05) is 13.1 Å². The van der Waals surface area contributed by atoms with E-state index in [1.807, 2.05) is 0 Å². The van der Waals surface area contributed by atoms with Gasteiger partial charge < -0.3 is 0 Å². The zero-order chi connectivity index (χ0) is 8.89. The lowest BCUT2D eigenvalue weighted by Gasteiger charge is -2.33. The Morgan fingerprint density at radius 1 is 1.31 bits per heavy atom. The predicted molar refractivity (Wildman–Crippen MR) is 53.7 cm³/mol. The van der Waals surface area contributed by atoms with Gasteiger partial charge in [-0.1, -0.05) is 31.2 Å². The van der Waals surface area contributed by atoms with Crippen molar-refractivity contribution in [2.24, 2.45) is 0 Å². The molecule has 0 saturated carbocycles. The molecule has 1 fully saturated rings. The molecule has 2 heterocycles. The minimum absolute atomic E-state index is 0.453. The lowest BCUT2D eigenvalue weighted by molar-refractivity contribution is 0.287. The predicted octanol–water partition coefficient (Wildman–Crippen LogP) is 2.16. The Kier molecular flexibility index (Phi) is 1.37. The largest absolute Gasteiger partial charge is 0.298 e. The molecule has 0 radical (unpaired) electrons. The molecule has 1 nitrogen and oxygen atoms in total. The van der Waals surface area contributed by atoms with Gasteiger partial charge >= 0.3 is 0 Å². The molecule has 2 bridgehead atoms. The smallest absolute Gasteiger partial charge is 0.0237 e. The first kappa shape index (κ1) is 7.57. The third-order valence-corrected chi connectivity index (χ3v) is 3.61. The van der Waals surface area contributed by atoms with Gasteiger partial charge in [-0.2, -0.15) is 0 Å². The number of hydrogen-bond acceptors (Lipinski definition) is 1. The Bertz CT molecular complexity index is 345. The van der Waals surface area contributed by atoms with Crippen LogP contribution < -0.4 is 0 Å². The quantitative estimate of drug-likeness (QED) is 0.581. The highest BCUT2D eigenvalue weighted by molar-refractivity contribution is 5.38. The standard InChI is InChI=1S/C12H15N/c1-12-6-7-13(9-12)8-10-4-2-3-5-11(10)12/h2-5H,6-9H2,1H3/t12-/m1/s1. The van der Waals surface area contributed by atoms with E-state index < -0.39 is 0 Å². The average Bonchev–Trinajstić information content (AvgIpc) is 2.44. The van der Waals surface area contributed by atoms with Crippen LogP contribution in [-0.4, -0.2) is 18.0 Å². The van der Waals surface area contributed by atoms with E-state index in [-0.39, 0.29) is 0 Å². The molecule has 1 heteroatoms. The van der Waals surface area contributed by atoms with Crippen LogP contribution in [0, 0.1) is 0 Å². The normalized spacial score (nSPS) is 35.9. The maximum Gasteiger partial charge on any atom is 0.0237 e. The molecule has 0 aromatic heterocycles. The summed E-state index contributed by atoms with van der Waals surface area (Å²) in [6, 6.07) is 8.94. The Labute approximate surface area is 79.4 Å². The fourth-order valence-electron chi connectivity index (χ4n) is 2.90. The molecule has 2 atom stereocenters. The monoisotopic (exact) mass is 173 g/mol. The van der Waals surface area contributed by atoms with Crippen molar-refractivity contribution in [2.45, 2.75) is 25.3 Å². The maximum atomic E-state index is 2.57. The van der Waals surface area contributed by atoms with Crippen molar-refractivity contribution in [3.8, 4) is 0 Å². The van der Waals surface area contributed by atoms with E-state index in [1.165, 1.54) is 26.1 Å². The molecule has 3 rings (SSSR count). The Hall–Kier alpha value is -0.820. The molecule has 1 unspecified atom stereocenters. The highest BCUT2D eigenvalue weighted by atomic mass is 15.2. The highest BCUT2D eigenvalue weighted by Gasteiger charge is 2.40. The molecule has 2 aliphatic heterocycles. The van der Waals surface area contributed by atoms with E-state index in [2.05, 4.69) is 36.1 Å². The highest BCUT2D eigenvalue weighted by Crippen LogP contribution is 2.40. The van der Waals surface area contributed by atoms with Crippen molar-refractivity contribution in [1.29, 1.82) is 0 Å². The third-order valence-electron chi connectivity index (χ3n) is 3.61. The van der Waals surface area contributed by atoms with Gasteiger partial charge in [0.1, 0.15) is 0 Å². The van der Waals surface area contributed by atoms with E-state index in [0.717, 1.165) is 0 Å². The van der Waals surface area contributed by atoms with Crippen LogP contribution in [-0.2, 0) is 12.0 Å². The Morgan fingerprint density at radius 2 is 2.15 bits per heavy atom. The van der Waals surface area contributed by atoms with Gasteiger partial charge in [-0.25, -0.2) is 0 Å². The average molecular weight is 173 g/mol. The first-order valence-electron chi connectivity index (χ1n) is 5.09. The number of hydrogen-bond donors (Lipinski definition) is 0. The van der Waals surface area contributed by atoms with Gasteiger partial charge in [0.2, 0.25) is 0 Å². The number of nitrogens with zero attached hydrogens (tertiary/aromatic N) is 1. The van der Waals surface area contributed by atoms with Crippen molar-refractivity contribution < 1.29 is 0 Å². The van der Waals surface area contributed by atoms with E-state index in [9.17, 15) is 0 Å². The van der Waals surface area contributed by atoms with Gasteiger partial charge in [0.15, 0.2) is 0 Å². The lowest BCUT2D eigenvalue weighted by atomic mass is 9.78. The number of benzene rings is 1. The Balaban J connectivity index is 2.19. The van der Waals surface area contributed by atoms with Gasteiger partial charge in [-0.05, 0) is 24.1 Å². The topological polar surface area (TPSA) is 3.24 Å². The van der Waals surface area contributed by atoms with Gasteiger partial charge in [0, 0.05) is 18.5 Å². The first-order chi connectivity index (χ1) is 6.28. The molecule has 1 aromatic rings. The van der Waals surface area contributed by atoms with Crippen molar-refractivity contribution in [3.63, 3.8) is 0 Å². The van der Waals surface area contributed by atoms with Crippen LogP contribution >= 0.6 is 0 Å². The Morgan fingerprint density at radius 3 is 3.08 bits per heavy atom. The molecular formula is C12H15N. The van der Waals surface area contributed by atoms with Gasteiger partial charge in [-0.3, -0.25) is 4.90 Å². The number of fused-ring (bicyclic) bond motifs is 4. The second-order valence-corrected chi connectivity index (χ2v) is 4.68. The minimum Gasteiger partial charge on any atom is -0.298 e. The summed E-state index contributed by atoms with van der Waals surface area (Å²) in [7, 11) is 0. The van der Waals surface area contributed by atoms with Crippen LogP contribution in [0.25, 0.3) is 0 Å². The summed E-state index contributed by atoms with van der Waals surface area (Å²) in [5.74, 6) is 0. The molecule has 0 spiro atoms. The van der Waals surface area contributed by atoms with Gasteiger partial charge in [-0.15, -0.1) is 0 Å². The zero-order valence-corrected chi connectivity index (χ0v) is 8.09. The number of rotatable bonds is 0. The van der Waals surface area contributed by atoms with Crippen molar-refractivity contribution >= 4 is 0 Å². The van der Waals surface area contributed by atoms with Crippen molar-refractivity contribution in [1.82, 2.24) is 4.90 Å². The fourth-order valence-corrected chi connectivity index (χ4v) is 2.90. The second kappa shape index (κ2) is 2.36. The first-order valence-corrected chi connectivity index (χ1v) is 5.09. The molecule has 13 heavy (non-hydrogen) atoms. The molecule has 68 valence electrons. The maximum absolute atomic E-state index is 2.57. The molecule has 0 N–H and O–H groups in total. The van der Waals surface area contributed by atoms with Gasteiger partial charge in [0.05, 0.1) is 0 Å². The van der Waals surface area contributed by atoms with Crippen LogP contribution in [0.1, 0.15) is 24.5 Å². The SMILES string of the molecule is C[C@]12CCN(Cc3ccccc31)C2. The minimum atomic E-state index is 0.453. The molecule has 0 aliphatic carbocycles. The summed E-state index contributed by atoms with van der Waals surface area (Å²) in [5.41, 5.74) is 3.60. The van der Waals surface area contributed by atoms with E-state index >= 15 is 0 Å². The summed E-state index contributed by atoms with van der Waals surface area (Å²) in [5, 5.41) is 0. The van der Waals surface area contributed by atoms with Crippen LogP contribution in [0.15, 0.2) is 24.3 Å². The molecule has 0 amide bonds. The summed E-state index contributed by atoms with van der Waals surface area (Å²) in [6.07, 6.45) is 1.34. The van der Waals surface area contributed by atoms with E-state index in [0.29, 0.717) is 5.41 Å². The van der Waals surface area contributed by atoms with Crippen LogP contribution in [0.4, 0.5) is 0 Å². The van der Waals surface area contributed by atoms with E-state index in [1.54, 1.807) is 11.1 Å². The van der Waals surface area contributed by atoms with Crippen LogP contribution in [0.2, 0.25) is 0 Å². The summed E-state index contributed by atoms with van der Waals surface area (Å²) in [4.78, 5) is 2.57. The molecular weight excluding hydrogens is 158 g/mol. The summed E-state index contributed by atoms with van der Waals surface area (Å²) < 4.78 is 0. The van der Waals surface area contributed by atoms with E-state index in [4.69, 9.17) is 0 Å². The summed E-state index contributed by atoms with van der Waals surface area (Å²) >= 11 is 0. The van der Waals surface area contributed by atoms with Crippen LogP contribution in [0.5, 0.6) is 0 Å².